The average molecular weight is 388 g/mol. The van der Waals surface area contributed by atoms with E-state index in [1.54, 1.807) is 0 Å². The molecular formula is C15H9ClF3N3O4. The molecule has 2 aromatic carbocycles. The zero-order chi connectivity index (χ0) is 19.5. The van der Waals surface area contributed by atoms with Crippen molar-refractivity contribution >= 4 is 40.5 Å². The van der Waals surface area contributed by atoms with Gasteiger partial charge in [0.15, 0.2) is 0 Å². The van der Waals surface area contributed by atoms with Gasteiger partial charge in [-0.3, -0.25) is 19.7 Å². The minimum Gasteiger partial charge on any atom is -0.318 e. The summed E-state index contributed by atoms with van der Waals surface area (Å²) in [5, 5.41) is 14.2. The Balaban J connectivity index is 2.07. The van der Waals surface area contributed by atoms with E-state index in [1.165, 1.54) is 12.1 Å². The highest BCUT2D eigenvalue weighted by atomic mass is 35.5. The van der Waals surface area contributed by atoms with Crippen LogP contribution < -0.4 is 10.6 Å². The van der Waals surface area contributed by atoms with Gasteiger partial charge in [-0.15, -0.1) is 0 Å². The number of hydrogen-bond acceptors (Lipinski definition) is 4. The van der Waals surface area contributed by atoms with Gasteiger partial charge in [0.05, 0.1) is 15.5 Å². The molecule has 0 unspecified atom stereocenters. The van der Waals surface area contributed by atoms with Crippen LogP contribution in [0.5, 0.6) is 0 Å². The number of hydrogen-bond donors (Lipinski definition) is 2. The maximum absolute atomic E-state index is 12.8. The van der Waals surface area contributed by atoms with Crippen molar-refractivity contribution in [1.29, 1.82) is 0 Å². The molecule has 0 radical (unpaired) electrons. The number of benzene rings is 2. The lowest BCUT2D eigenvalue weighted by Gasteiger charge is -2.11. The van der Waals surface area contributed by atoms with E-state index in [0.717, 1.165) is 24.3 Å². The first-order valence-electron chi connectivity index (χ1n) is 6.81. The van der Waals surface area contributed by atoms with Gasteiger partial charge in [-0.2, -0.15) is 13.2 Å². The molecule has 2 N–H and O–H groups in total. The number of nitro benzene ring substituents is 1. The number of alkyl halides is 3. The second-order valence-corrected chi connectivity index (χ2v) is 5.31. The standard InChI is InChI=1S/C15H9ClF3N3O4/c16-12-6-3-9(7-11(12)15(17,18)19)21-14(24)13(23)20-8-1-4-10(5-2-8)22(25)26/h1-7H,(H,20,23)(H,21,24). The summed E-state index contributed by atoms with van der Waals surface area (Å²) >= 11 is 5.46. The highest BCUT2D eigenvalue weighted by Gasteiger charge is 2.33. The third-order valence-corrected chi connectivity index (χ3v) is 3.40. The number of carbonyl (C=O) groups is 2. The SMILES string of the molecule is O=C(Nc1ccc([N+](=O)[O-])cc1)C(=O)Nc1ccc(Cl)c(C(F)(F)F)c1. The summed E-state index contributed by atoms with van der Waals surface area (Å²) in [5.41, 5.74) is -1.55. The van der Waals surface area contributed by atoms with Crippen molar-refractivity contribution in [1.82, 2.24) is 0 Å². The fraction of sp³-hybridized carbons (Fsp3) is 0.0667. The van der Waals surface area contributed by atoms with Gasteiger partial charge in [0.2, 0.25) is 0 Å². The summed E-state index contributed by atoms with van der Waals surface area (Å²) in [6, 6.07) is 7.27. The molecule has 0 aromatic heterocycles. The van der Waals surface area contributed by atoms with Gasteiger partial charge in [0.1, 0.15) is 0 Å². The highest BCUT2D eigenvalue weighted by molar-refractivity contribution is 6.43. The number of non-ortho nitro benzene ring substituents is 1. The second kappa shape index (κ2) is 7.40. The van der Waals surface area contributed by atoms with Crippen molar-refractivity contribution in [3.63, 3.8) is 0 Å². The van der Waals surface area contributed by atoms with Crippen LogP contribution in [0.3, 0.4) is 0 Å². The third-order valence-electron chi connectivity index (χ3n) is 3.07. The highest BCUT2D eigenvalue weighted by Crippen LogP contribution is 2.36. The molecule has 0 fully saturated rings. The van der Waals surface area contributed by atoms with E-state index in [9.17, 15) is 32.9 Å². The average Bonchev–Trinajstić information content (AvgIpc) is 2.56. The predicted molar refractivity (Wildman–Crippen MR) is 86.8 cm³/mol. The van der Waals surface area contributed by atoms with Gasteiger partial charge in [-0.25, -0.2) is 0 Å². The Bertz CT molecular complexity index is 869. The minimum absolute atomic E-state index is 0.0998. The summed E-state index contributed by atoms with van der Waals surface area (Å²) in [6.45, 7) is 0. The minimum atomic E-state index is -4.72. The lowest BCUT2D eigenvalue weighted by atomic mass is 10.2. The molecule has 0 bridgehead atoms. The monoisotopic (exact) mass is 387 g/mol. The molecule has 26 heavy (non-hydrogen) atoms. The summed E-state index contributed by atoms with van der Waals surface area (Å²) in [7, 11) is 0. The van der Waals surface area contributed by atoms with E-state index < -0.39 is 33.5 Å². The van der Waals surface area contributed by atoms with Crippen LogP contribution in [-0.4, -0.2) is 16.7 Å². The smallest absolute Gasteiger partial charge is 0.318 e. The van der Waals surface area contributed by atoms with Crippen LogP contribution >= 0.6 is 11.6 Å². The van der Waals surface area contributed by atoms with Gasteiger partial charge < -0.3 is 10.6 Å². The molecule has 0 spiro atoms. The lowest BCUT2D eigenvalue weighted by molar-refractivity contribution is -0.384. The summed E-state index contributed by atoms with van der Waals surface area (Å²) < 4.78 is 38.3. The van der Waals surface area contributed by atoms with Gasteiger partial charge in [-0.05, 0) is 30.3 Å². The summed E-state index contributed by atoms with van der Waals surface area (Å²) in [6.07, 6.45) is -4.72. The molecule has 2 amide bonds. The molecule has 136 valence electrons. The van der Waals surface area contributed by atoms with Gasteiger partial charge in [0.25, 0.3) is 5.69 Å². The fourth-order valence-electron chi connectivity index (χ4n) is 1.86. The van der Waals surface area contributed by atoms with Crippen molar-refractivity contribution in [2.45, 2.75) is 6.18 Å². The normalized spacial score (nSPS) is 10.9. The van der Waals surface area contributed by atoms with Crippen LogP contribution in [0, 0.1) is 10.1 Å². The number of nitro groups is 1. The second-order valence-electron chi connectivity index (χ2n) is 4.90. The molecule has 0 aliphatic heterocycles. The molecule has 0 aliphatic carbocycles. The molecule has 0 heterocycles. The molecule has 0 saturated heterocycles. The molecule has 7 nitrogen and oxygen atoms in total. The van der Waals surface area contributed by atoms with Gasteiger partial charge in [0, 0.05) is 23.5 Å². The Morgan fingerprint density at radius 2 is 1.46 bits per heavy atom. The summed E-state index contributed by atoms with van der Waals surface area (Å²) in [5.74, 6) is -2.39. The Morgan fingerprint density at radius 3 is 1.96 bits per heavy atom. The summed E-state index contributed by atoms with van der Waals surface area (Å²) in [4.78, 5) is 33.5. The Labute approximate surface area is 148 Å². The van der Waals surface area contributed by atoms with Crippen molar-refractivity contribution in [2.24, 2.45) is 0 Å². The molecule has 11 heteroatoms. The van der Waals surface area contributed by atoms with Gasteiger partial charge >= 0.3 is 18.0 Å². The number of amides is 2. The van der Waals surface area contributed by atoms with Crippen molar-refractivity contribution in [3.05, 3.63) is 63.2 Å². The molecule has 0 saturated carbocycles. The van der Waals surface area contributed by atoms with E-state index in [-0.39, 0.29) is 17.1 Å². The first-order valence-corrected chi connectivity index (χ1v) is 7.19. The van der Waals surface area contributed by atoms with Crippen LogP contribution in [0.15, 0.2) is 42.5 Å². The van der Waals surface area contributed by atoms with Crippen LogP contribution in [0.1, 0.15) is 5.56 Å². The molecule has 0 atom stereocenters. The molecule has 0 aliphatic rings. The van der Waals surface area contributed by atoms with Gasteiger partial charge in [-0.1, -0.05) is 11.6 Å². The first-order chi connectivity index (χ1) is 12.1. The van der Waals surface area contributed by atoms with Crippen molar-refractivity contribution in [2.75, 3.05) is 10.6 Å². The van der Waals surface area contributed by atoms with Crippen LogP contribution in [0.4, 0.5) is 30.2 Å². The Hall–Kier alpha value is -3.14. The fourth-order valence-corrected chi connectivity index (χ4v) is 2.09. The van der Waals surface area contributed by atoms with Crippen LogP contribution in [0.25, 0.3) is 0 Å². The van der Waals surface area contributed by atoms with Crippen molar-refractivity contribution in [3.8, 4) is 0 Å². The quantitative estimate of drug-likeness (QED) is 0.474. The van der Waals surface area contributed by atoms with E-state index >= 15 is 0 Å². The number of nitrogens with one attached hydrogen (secondary N) is 2. The number of rotatable bonds is 3. The maximum Gasteiger partial charge on any atom is 0.417 e. The largest absolute Gasteiger partial charge is 0.417 e. The Morgan fingerprint density at radius 1 is 0.962 bits per heavy atom. The first kappa shape index (κ1) is 19.2. The van der Waals surface area contributed by atoms with Crippen molar-refractivity contribution < 1.29 is 27.7 Å². The number of halogens is 4. The van der Waals surface area contributed by atoms with E-state index in [2.05, 4.69) is 5.32 Å². The number of carbonyl (C=O) groups excluding carboxylic acids is 2. The maximum atomic E-state index is 12.8. The Kier molecular flexibility index (Phi) is 5.46. The van der Waals surface area contributed by atoms with E-state index in [1.807, 2.05) is 5.32 Å². The zero-order valence-corrected chi connectivity index (χ0v) is 13.4. The van der Waals surface area contributed by atoms with E-state index in [4.69, 9.17) is 11.6 Å². The number of anilines is 2. The zero-order valence-electron chi connectivity index (χ0n) is 12.6. The third kappa shape index (κ3) is 4.70. The van der Waals surface area contributed by atoms with Crippen LogP contribution in [0.2, 0.25) is 5.02 Å². The lowest BCUT2D eigenvalue weighted by Crippen LogP contribution is -2.29. The predicted octanol–water partition coefficient (Wildman–Crippen LogP) is 3.84. The molecule has 2 aromatic rings. The molecule has 2 rings (SSSR count). The number of nitrogens with zero attached hydrogens (tertiary/aromatic N) is 1. The molecular weight excluding hydrogens is 379 g/mol. The van der Waals surface area contributed by atoms with Crippen LogP contribution in [-0.2, 0) is 15.8 Å². The van der Waals surface area contributed by atoms with E-state index in [0.29, 0.717) is 6.07 Å². The topological polar surface area (TPSA) is 101 Å².